The summed E-state index contributed by atoms with van der Waals surface area (Å²) in [6.45, 7) is 0. The van der Waals surface area contributed by atoms with Gasteiger partial charge in [-0.2, -0.15) is 0 Å². The van der Waals surface area contributed by atoms with Crippen molar-refractivity contribution in [2.24, 2.45) is 0 Å². The molecular weight excluding hydrogens is 408 g/mol. The monoisotopic (exact) mass is 422 g/mol. The predicted molar refractivity (Wildman–Crippen MR) is 112 cm³/mol. The fourth-order valence-electron chi connectivity index (χ4n) is 3.47. The number of sulfone groups is 1. The van der Waals surface area contributed by atoms with Crippen LogP contribution in [0.2, 0.25) is 5.02 Å². The number of rotatable bonds is 4. The number of imidazole rings is 1. The van der Waals surface area contributed by atoms with Gasteiger partial charge in [0.1, 0.15) is 0 Å². The standard InChI is InChI=1S/C21H15ClN4O2S/c22-16-12-10-15(11-13-16)14-29(27,28)21-24-23-20-25(17-6-2-1-3-7-17)18-8-4-5-9-19(18)26(20)21/h1-13H,14H2. The summed E-state index contributed by atoms with van der Waals surface area (Å²) in [5.41, 5.74) is 3.10. The molecule has 0 bridgehead atoms. The van der Waals surface area contributed by atoms with Crippen LogP contribution in [0.25, 0.3) is 22.5 Å². The van der Waals surface area contributed by atoms with Crippen molar-refractivity contribution in [2.45, 2.75) is 10.9 Å². The maximum absolute atomic E-state index is 13.2. The SMILES string of the molecule is O=S(=O)(Cc1ccc(Cl)cc1)c1nnc2n(-c3ccccc3)c3ccccc3n12. The number of aromatic nitrogens is 4. The van der Waals surface area contributed by atoms with Crippen molar-refractivity contribution in [1.29, 1.82) is 0 Å². The van der Waals surface area contributed by atoms with E-state index in [0.717, 1.165) is 16.7 Å². The van der Waals surface area contributed by atoms with Gasteiger partial charge in [0.2, 0.25) is 15.6 Å². The second-order valence-corrected chi connectivity index (χ2v) is 8.98. The lowest BCUT2D eigenvalue weighted by Crippen LogP contribution is -2.09. The zero-order valence-corrected chi connectivity index (χ0v) is 16.7. The van der Waals surface area contributed by atoms with E-state index in [1.165, 1.54) is 0 Å². The molecule has 144 valence electrons. The summed E-state index contributed by atoms with van der Waals surface area (Å²) in [5, 5.41) is 8.77. The number of halogens is 1. The van der Waals surface area contributed by atoms with Gasteiger partial charge in [0.15, 0.2) is 0 Å². The second-order valence-electron chi connectivity index (χ2n) is 6.66. The van der Waals surface area contributed by atoms with Gasteiger partial charge in [-0.25, -0.2) is 12.8 Å². The third-order valence-corrected chi connectivity index (χ3v) is 6.53. The Labute approximate surface area is 171 Å². The Kier molecular flexibility index (Phi) is 4.15. The number of hydrogen-bond acceptors (Lipinski definition) is 4. The summed E-state index contributed by atoms with van der Waals surface area (Å²) in [6.07, 6.45) is 0. The molecule has 5 rings (SSSR count). The molecule has 5 aromatic rings. The first-order valence-electron chi connectivity index (χ1n) is 8.92. The lowest BCUT2D eigenvalue weighted by molar-refractivity contribution is 0.585. The topological polar surface area (TPSA) is 69.3 Å². The number of nitrogens with zero attached hydrogens (tertiary/aromatic N) is 4. The van der Waals surface area contributed by atoms with E-state index in [2.05, 4.69) is 10.2 Å². The van der Waals surface area contributed by atoms with Crippen LogP contribution in [0.3, 0.4) is 0 Å². The van der Waals surface area contributed by atoms with Gasteiger partial charge in [0, 0.05) is 10.7 Å². The number of para-hydroxylation sites is 3. The Morgan fingerprint density at radius 1 is 0.793 bits per heavy atom. The summed E-state index contributed by atoms with van der Waals surface area (Å²) in [7, 11) is -3.74. The minimum absolute atomic E-state index is 0.0756. The van der Waals surface area contributed by atoms with E-state index < -0.39 is 9.84 Å². The quantitative estimate of drug-likeness (QED) is 0.433. The van der Waals surface area contributed by atoms with Crippen molar-refractivity contribution in [3.05, 3.63) is 89.4 Å². The Hall–Kier alpha value is -3.16. The van der Waals surface area contributed by atoms with Crippen LogP contribution in [0.1, 0.15) is 5.56 Å². The van der Waals surface area contributed by atoms with Gasteiger partial charge in [-0.15, -0.1) is 10.2 Å². The highest BCUT2D eigenvalue weighted by molar-refractivity contribution is 7.90. The minimum Gasteiger partial charge on any atom is -0.277 e. The van der Waals surface area contributed by atoms with Crippen LogP contribution in [0.4, 0.5) is 0 Å². The van der Waals surface area contributed by atoms with Crippen LogP contribution < -0.4 is 0 Å². The Balaban J connectivity index is 1.73. The largest absolute Gasteiger partial charge is 0.277 e. The second kappa shape index (κ2) is 6.72. The first kappa shape index (κ1) is 17.9. The van der Waals surface area contributed by atoms with E-state index in [0.29, 0.717) is 16.4 Å². The molecule has 0 unspecified atom stereocenters. The molecule has 0 fully saturated rings. The lowest BCUT2D eigenvalue weighted by atomic mass is 10.2. The molecule has 2 heterocycles. The fraction of sp³-hybridized carbons (Fsp3) is 0.0476. The molecule has 0 radical (unpaired) electrons. The first-order valence-corrected chi connectivity index (χ1v) is 10.9. The molecule has 8 heteroatoms. The average Bonchev–Trinajstić information content (AvgIpc) is 3.29. The highest BCUT2D eigenvalue weighted by Gasteiger charge is 2.26. The third kappa shape index (κ3) is 2.99. The lowest BCUT2D eigenvalue weighted by Gasteiger charge is -2.03. The molecule has 2 aromatic heterocycles. The summed E-state index contributed by atoms with van der Waals surface area (Å²) in [6, 6.07) is 24.0. The van der Waals surface area contributed by atoms with Gasteiger partial charge in [-0.1, -0.05) is 54.1 Å². The summed E-state index contributed by atoms with van der Waals surface area (Å²) < 4.78 is 29.9. The van der Waals surface area contributed by atoms with Gasteiger partial charge >= 0.3 is 0 Å². The van der Waals surface area contributed by atoms with Crippen LogP contribution >= 0.6 is 11.6 Å². The Bertz CT molecular complexity index is 1440. The predicted octanol–water partition coefficient (Wildman–Crippen LogP) is 4.30. The van der Waals surface area contributed by atoms with Crippen LogP contribution in [-0.2, 0) is 15.6 Å². The molecule has 0 amide bonds. The number of hydrogen-bond donors (Lipinski definition) is 0. The van der Waals surface area contributed by atoms with Crippen molar-refractivity contribution >= 4 is 38.2 Å². The molecule has 0 aliphatic rings. The van der Waals surface area contributed by atoms with Crippen LogP contribution in [0.5, 0.6) is 0 Å². The highest BCUT2D eigenvalue weighted by Crippen LogP contribution is 2.27. The molecule has 0 aliphatic heterocycles. The van der Waals surface area contributed by atoms with Crippen molar-refractivity contribution in [1.82, 2.24) is 19.2 Å². The summed E-state index contributed by atoms with van der Waals surface area (Å²) in [4.78, 5) is 0. The smallest absolute Gasteiger partial charge is 0.256 e. The first-order chi connectivity index (χ1) is 14.0. The molecule has 3 aromatic carbocycles. The van der Waals surface area contributed by atoms with Gasteiger partial charge < -0.3 is 0 Å². The van der Waals surface area contributed by atoms with E-state index in [9.17, 15) is 8.42 Å². The third-order valence-electron chi connectivity index (χ3n) is 4.74. The average molecular weight is 423 g/mol. The summed E-state index contributed by atoms with van der Waals surface area (Å²) >= 11 is 5.91. The van der Waals surface area contributed by atoms with Crippen LogP contribution in [0, 0.1) is 0 Å². The minimum atomic E-state index is -3.74. The Morgan fingerprint density at radius 2 is 1.45 bits per heavy atom. The van der Waals surface area contributed by atoms with E-state index in [1.54, 1.807) is 28.7 Å². The molecule has 0 aliphatic carbocycles. The molecule has 0 saturated carbocycles. The van der Waals surface area contributed by atoms with Crippen LogP contribution in [0.15, 0.2) is 84.0 Å². The van der Waals surface area contributed by atoms with Crippen molar-refractivity contribution in [3.8, 4) is 5.69 Å². The highest BCUT2D eigenvalue weighted by atomic mass is 35.5. The van der Waals surface area contributed by atoms with E-state index in [-0.39, 0.29) is 10.9 Å². The molecule has 0 saturated heterocycles. The maximum atomic E-state index is 13.2. The molecular formula is C21H15ClN4O2S. The zero-order chi connectivity index (χ0) is 20.0. The normalized spacial score (nSPS) is 12.0. The maximum Gasteiger partial charge on any atom is 0.256 e. The Morgan fingerprint density at radius 3 is 2.17 bits per heavy atom. The number of fused-ring (bicyclic) bond motifs is 3. The van der Waals surface area contributed by atoms with Gasteiger partial charge in [-0.05, 0) is 42.0 Å². The van der Waals surface area contributed by atoms with Gasteiger partial charge in [-0.3, -0.25) is 4.57 Å². The summed E-state index contributed by atoms with van der Waals surface area (Å²) in [5.74, 6) is 0.266. The van der Waals surface area contributed by atoms with Crippen molar-refractivity contribution < 1.29 is 8.42 Å². The number of benzene rings is 3. The van der Waals surface area contributed by atoms with E-state index in [4.69, 9.17) is 11.6 Å². The van der Waals surface area contributed by atoms with E-state index >= 15 is 0 Å². The zero-order valence-electron chi connectivity index (χ0n) is 15.1. The van der Waals surface area contributed by atoms with E-state index in [1.807, 2.05) is 59.2 Å². The molecule has 0 N–H and O–H groups in total. The molecule has 6 nitrogen and oxygen atoms in total. The van der Waals surface area contributed by atoms with Crippen molar-refractivity contribution in [3.63, 3.8) is 0 Å². The molecule has 0 spiro atoms. The molecule has 29 heavy (non-hydrogen) atoms. The molecule has 0 atom stereocenters. The van der Waals surface area contributed by atoms with Gasteiger partial charge in [0.05, 0.1) is 16.8 Å². The fourth-order valence-corrected chi connectivity index (χ4v) is 4.98. The van der Waals surface area contributed by atoms with Crippen molar-refractivity contribution in [2.75, 3.05) is 0 Å². The van der Waals surface area contributed by atoms with Gasteiger partial charge in [0.25, 0.3) is 5.16 Å². The van der Waals surface area contributed by atoms with Crippen LogP contribution in [-0.4, -0.2) is 27.6 Å².